The molecule has 0 spiro atoms. The lowest BCUT2D eigenvalue weighted by atomic mass is 10.2. The van der Waals surface area contributed by atoms with Gasteiger partial charge in [-0.15, -0.1) is 0 Å². The second-order valence-electron chi connectivity index (χ2n) is 3.64. The first-order valence-corrected chi connectivity index (χ1v) is 5.87. The average molecular weight is 331 g/mol. The van der Waals surface area contributed by atoms with Gasteiger partial charge in [-0.2, -0.15) is 4.39 Å². The molecule has 0 aliphatic heterocycles. The topological polar surface area (TPSA) is 26.3 Å². The van der Waals surface area contributed by atoms with Crippen LogP contribution >= 0.6 is 15.9 Å². The van der Waals surface area contributed by atoms with Gasteiger partial charge in [0.05, 0.1) is 0 Å². The van der Waals surface area contributed by atoms with Gasteiger partial charge < -0.3 is 4.74 Å². The number of carbonyl (C=O) groups excluding carboxylic acids is 1. The van der Waals surface area contributed by atoms with Crippen LogP contribution in [0, 0.1) is 17.5 Å². The maximum atomic E-state index is 13.5. The normalized spacial score (nSPS) is 10.3. The highest BCUT2D eigenvalue weighted by Gasteiger charge is 2.13. The highest BCUT2D eigenvalue weighted by atomic mass is 79.9. The molecular weight excluding hydrogens is 325 g/mol. The number of halogens is 4. The second kappa shape index (κ2) is 5.44. The molecule has 0 aromatic heterocycles. The predicted octanol–water partition coefficient (Wildman–Crippen LogP) is 4.47. The summed E-state index contributed by atoms with van der Waals surface area (Å²) in [6.07, 6.45) is 0.424. The number of ether oxygens (including phenoxy) is 1. The zero-order valence-electron chi connectivity index (χ0n) is 9.29. The molecular formula is C13H6BrF3O2. The number of hydrogen-bond acceptors (Lipinski definition) is 2. The fourth-order valence-electron chi connectivity index (χ4n) is 1.44. The molecule has 6 heteroatoms. The van der Waals surface area contributed by atoms with Gasteiger partial charge in [0, 0.05) is 16.1 Å². The fourth-order valence-corrected chi connectivity index (χ4v) is 1.85. The molecule has 0 bridgehead atoms. The van der Waals surface area contributed by atoms with Crippen LogP contribution < -0.4 is 4.74 Å². The summed E-state index contributed by atoms with van der Waals surface area (Å²) in [4.78, 5) is 10.6. The third-order valence-corrected chi connectivity index (χ3v) is 2.67. The van der Waals surface area contributed by atoms with Crippen LogP contribution in [0.3, 0.4) is 0 Å². The Morgan fingerprint density at radius 1 is 1.05 bits per heavy atom. The maximum Gasteiger partial charge on any atom is 0.201 e. The first-order chi connectivity index (χ1) is 8.99. The molecule has 2 aromatic rings. The molecule has 19 heavy (non-hydrogen) atoms. The third-order valence-electron chi connectivity index (χ3n) is 2.22. The molecule has 2 aromatic carbocycles. The molecule has 0 heterocycles. The van der Waals surface area contributed by atoms with Crippen LogP contribution in [0.4, 0.5) is 13.2 Å². The molecule has 0 aliphatic rings. The Morgan fingerprint density at radius 3 is 2.47 bits per heavy atom. The van der Waals surface area contributed by atoms with Crippen LogP contribution in [0.25, 0.3) is 0 Å². The van der Waals surface area contributed by atoms with Crippen molar-refractivity contribution < 1.29 is 22.7 Å². The van der Waals surface area contributed by atoms with E-state index in [9.17, 15) is 18.0 Å². The summed E-state index contributed by atoms with van der Waals surface area (Å²) < 4.78 is 45.1. The van der Waals surface area contributed by atoms with E-state index in [-0.39, 0.29) is 15.8 Å². The van der Waals surface area contributed by atoms with Crippen molar-refractivity contribution in [3.63, 3.8) is 0 Å². The van der Waals surface area contributed by atoms with Crippen molar-refractivity contribution in [3.8, 4) is 11.5 Å². The van der Waals surface area contributed by atoms with E-state index in [1.165, 1.54) is 12.1 Å². The molecule has 2 rings (SSSR count). The monoisotopic (exact) mass is 330 g/mol. The molecule has 0 saturated heterocycles. The fraction of sp³-hybridized carbons (Fsp3) is 0. The summed E-state index contributed by atoms with van der Waals surface area (Å²) in [5.41, 5.74) is 0.0332. The first-order valence-electron chi connectivity index (χ1n) is 5.08. The van der Waals surface area contributed by atoms with E-state index >= 15 is 0 Å². The SMILES string of the molecule is O=Cc1cc(F)cc(Oc2cc(Br)cc(F)c2F)c1. The number of hydrogen-bond donors (Lipinski definition) is 0. The summed E-state index contributed by atoms with van der Waals surface area (Å²) in [6, 6.07) is 5.31. The van der Waals surface area contributed by atoms with Crippen molar-refractivity contribution in [1.82, 2.24) is 0 Å². The average Bonchev–Trinajstić information content (AvgIpc) is 2.34. The van der Waals surface area contributed by atoms with E-state index in [1.54, 1.807) is 0 Å². The standard InChI is InChI=1S/C13H6BrF3O2/c14-8-3-11(16)13(17)12(4-8)19-10-2-7(6-18)1-9(15)5-10/h1-6H. The van der Waals surface area contributed by atoms with Crippen LogP contribution in [0.1, 0.15) is 10.4 Å². The number of carbonyl (C=O) groups is 1. The molecule has 0 amide bonds. The Kier molecular flexibility index (Phi) is 3.90. The van der Waals surface area contributed by atoms with Crippen LogP contribution in [0.5, 0.6) is 11.5 Å². The zero-order chi connectivity index (χ0) is 14.0. The molecule has 98 valence electrons. The predicted molar refractivity (Wildman–Crippen MR) is 65.9 cm³/mol. The summed E-state index contributed by atoms with van der Waals surface area (Å²) in [7, 11) is 0. The van der Waals surface area contributed by atoms with Crippen LogP contribution in [0.2, 0.25) is 0 Å². The van der Waals surface area contributed by atoms with Crippen LogP contribution in [-0.2, 0) is 0 Å². The second-order valence-corrected chi connectivity index (χ2v) is 4.56. The molecule has 0 saturated carbocycles. The van der Waals surface area contributed by atoms with Gasteiger partial charge in [0.1, 0.15) is 17.9 Å². The summed E-state index contributed by atoms with van der Waals surface area (Å²) in [5.74, 6) is -3.51. The highest BCUT2D eigenvalue weighted by Crippen LogP contribution is 2.30. The van der Waals surface area contributed by atoms with Crippen molar-refractivity contribution in [3.05, 3.63) is 57.8 Å². The minimum absolute atomic E-state index is 0.0332. The van der Waals surface area contributed by atoms with Gasteiger partial charge in [0.2, 0.25) is 5.82 Å². The largest absolute Gasteiger partial charge is 0.454 e. The minimum Gasteiger partial charge on any atom is -0.454 e. The molecule has 0 atom stereocenters. The van der Waals surface area contributed by atoms with E-state index in [1.807, 2.05) is 0 Å². The van der Waals surface area contributed by atoms with Crippen molar-refractivity contribution >= 4 is 22.2 Å². The lowest BCUT2D eigenvalue weighted by Crippen LogP contribution is -1.94. The molecule has 2 nitrogen and oxygen atoms in total. The molecule has 0 unspecified atom stereocenters. The maximum absolute atomic E-state index is 13.5. The van der Waals surface area contributed by atoms with E-state index in [4.69, 9.17) is 4.74 Å². The Labute approximate surface area is 114 Å². The van der Waals surface area contributed by atoms with Crippen molar-refractivity contribution in [2.75, 3.05) is 0 Å². The Bertz CT molecular complexity index is 644. The number of benzene rings is 2. The number of rotatable bonds is 3. The van der Waals surface area contributed by atoms with Gasteiger partial charge in [0.15, 0.2) is 11.6 Å². The molecule has 0 aliphatic carbocycles. The minimum atomic E-state index is -1.19. The van der Waals surface area contributed by atoms with E-state index in [0.717, 1.165) is 18.2 Å². The van der Waals surface area contributed by atoms with Gasteiger partial charge in [0.25, 0.3) is 0 Å². The van der Waals surface area contributed by atoms with E-state index in [0.29, 0.717) is 6.29 Å². The van der Waals surface area contributed by atoms with Crippen LogP contribution in [-0.4, -0.2) is 6.29 Å². The number of aldehydes is 1. The summed E-state index contributed by atoms with van der Waals surface area (Å²) >= 11 is 2.99. The van der Waals surface area contributed by atoms with Crippen molar-refractivity contribution in [2.24, 2.45) is 0 Å². The summed E-state index contributed by atoms with van der Waals surface area (Å²) in [5, 5.41) is 0. The van der Waals surface area contributed by atoms with Gasteiger partial charge in [-0.1, -0.05) is 15.9 Å². The van der Waals surface area contributed by atoms with E-state index in [2.05, 4.69) is 15.9 Å². The molecule has 0 radical (unpaired) electrons. The van der Waals surface area contributed by atoms with Crippen molar-refractivity contribution in [1.29, 1.82) is 0 Å². The Balaban J connectivity index is 2.41. The molecule has 0 N–H and O–H groups in total. The van der Waals surface area contributed by atoms with Gasteiger partial charge in [-0.3, -0.25) is 4.79 Å². The van der Waals surface area contributed by atoms with E-state index < -0.39 is 23.2 Å². The third kappa shape index (κ3) is 3.14. The first kappa shape index (κ1) is 13.6. The Morgan fingerprint density at radius 2 is 1.79 bits per heavy atom. The highest BCUT2D eigenvalue weighted by molar-refractivity contribution is 9.10. The van der Waals surface area contributed by atoms with Crippen molar-refractivity contribution in [2.45, 2.75) is 0 Å². The van der Waals surface area contributed by atoms with Gasteiger partial charge in [-0.05, 0) is 24.3 Å². The quantitative estimate of drug-likeness (QED) is 0.613. The van der Waals surface area contributed by atoms with Gasteiger partial charge >= 0.3 is 0 Å². The smallest absolute Gasteiger partial charge is 0.201 e. The lowest BCUT2D eigenvalue weighted by Gasteiger charge is -2.08. The summed E-state index contributed by atoms with van der Waals surface area (Å²) in [6.45, 7) is 0. The lowest BCUT2D eigenvalue weighted by molar-refractivity contribution is 0.112. The zero-order valence-corrected chi connectivity index (χ0v) is 10.9. The molecule has 0 fully saturated rings. The van der Waals surface area contributed by atoms with Gasteiger partial charge in [-0.25, -0.2) is 8.78 Å². The van der Waals surface area contributed by atoms with Crippen LogP contribution in [0.15, 0.2) is 34.8 Å². The Hall–Kier alpha value is -1.82.